The van der Waals surface area contributed by atoms with Gasteiger partial charge in [0.05, 0.1) is 0 Å². The molecule has 0 unspecified atom stereocenters. The van der Waals surface area contributed by atoms with Crippen LogP contribution in [0.4, 0.5) is 0 Å². The van der Waals surface area contributed by atoms with E-state index in [1.54, 1.807) is 5.57 Å². The summed E-state index contributed by atoms with van der Waals surface area (Å²) >= 11 is 0. The van der Waals surface area contributed by atoms with Crippen molar-refractivity contribution in [1.29, 1.82) is 0 Å². The standard InChI is InChI=1S/C14H20/c1-3-5-9-13(4-2)12-14-10-7-6-8-11-14/h6-11H,3-5,12H2,1-2H3/b13-9+. The van der Waals surface area contributed by atoms with Gasteiger partial charge in [0.25, 0.3) is 0 Å². The monoisotopic (exact) mass is 188 g/mol. The van der Waals surface area contributed by atoms with Crippen molar-refractivity contribution < 1.29 is 0 Å². The minimum Gasteiger partial charge on any atom is -0.0850 e. The first-order valence-corrected chi connectivity index (χ1v) is 5.58. The smallest absolute Gasteiger partial charge is 0.00672 e. The summed E-state index contributed by atoms with van der Waals surface area (Å²) in [5.74, 6) is 0. The molecular formula is C14H20. The molecule has 0 amide bonds. The van der Waals surface area contributed by atoms with Crippen molar-refractivity contribution in [3.63, 3.8) is 0 Å². The molecule has 0 heterocycles. The van der Waals surface area contributed by atoms with E-state index in [1.807, 2.05) is 0 Å². The normalized spacial score (nSPS) is 11.7. The number of unbranched alkanes of at least 4 members (excludes halogenated alkanes) is 1. The maximum absolute atomic E-state index is 2.40. The highest BCUT2D eigenvalue weighted by molar-refractivity contribution is 5.21. The van der Waals surface area contributed by atoms with Crippen LogP contribution in [0.3, 0.4) is 0 Å². The molecular weight excluding hydrogens is 168 g/mol. The van der Waals surface area contributed by atoms with E-state index < -0.39 is 0 Å². The average Bonchev–Trinajstić information content (AvgIpc) is 2.25. The highest BCUT2D eigenvalue weighted by Gasteiger charge is 1.95. The van der Waals surface area contributed by atoms with Crippen LogP contribution in [-0.2, 0) is 6.42 Å². The van der Waals surface area contributed by atoms with E-state index in [2.05, 4.69) is 50.3 Å². The summed E-state index contributed by atoms with van der Waals surface area (Å²) in [6.45, 7) is 4.47. The summed E-state index contributed by atoms with van der Waals surface area (Å²) in [6, 6.07) is 10.7. The molecule has 0 saturated carbocycles. The molecule has 0 fully saturated rings. The molecule has 1 aromatic carbocycles. The quantitative estimate of drug-likeness (QED) is 0.602. The van der Waals surface area contributed by atoms with Crippen LogP contribution in [0, 0.1) is 0 Å². The van der Waals surface area contributed by atoms with Gasteiger partial charge in [0, 0.05) is 0 Å². The molecule has 0 aliphatic heterocycles. The second kappa shape index (κ2) is 6.42. The van der Waals surface area contributed by atoms with Gasteiger partial charge in [-0.3, -0.25) is 0 Å². The van der Waals surface area contributed by atoms with Gasteiger partial charge in [-0.05, 0) is 24.8 Å². The van der Waals surface area contributed by atoms with Gasteiger partial charge in [-0.2, -0.15) is 0 Å². The Morgan fingerprint density at radius 3 is 2.43 bits per heavy atom. The number of hydrogen-bond donors (Lipinski definition) is 0. The fourth-order valence-corrected chi connectivity index (χ4v) is 1.55. The van der Waals surface area contributed by atoms with E-state index in [0.717, 1.165) is 6.42 Å². The highest BCUT2D eigenvalue weighted by Crippen LogP contribution is 2.12. The van der Waals surface area contributed by atoms with E-state index in [4.69, 9.17) is 0 Å². The molecule has 0 atom stereocenters. The summed E-state index contributed by atoms with van der Waals surface area (Å²) in [6.07, 6.45) is 7.16. The van der Waals surface area contributed by atoms with Gasteiger partial charge in [-0.1, -0.05) is 62.2 Å². The fraction of sp³-hybridized carbons (Fsp3) is 0.429. The molecule has 76 valence electrons. The Morgan fingerprint density at radius 2 is 1.86 bits per heavy atom. The largest absolute Gasteiger partial charge is 0.0850 e. The van der Waals surface area contributed by atoms with Gasteiger partial charge in [0.2, 0.25) is 0 Å². The van der Waals surface area contributed by atoms with E-state index in [0.29, 0.717) is 0 Å². The van der Waals surface area contributed by atoms with E-state index in [9.17, 15) is 0 Å². The van der Waals surface area contributed by atoms with E-state index >= 15 is 0 Å². The minimum atomic E-state index is 1.12. The summed E-state index contributed by atoms with van der Waals surface area (Å²) < 4.78 is 0. The maximum atomic E-state index is 2.40. The molecule has 0 radical (unpaired) electrons. The Hall–Kier alpha value is -1.04. The van der Waals surface area contributed by atoms with Crippen molar-refractivity contribution in [2.45, 2.75) is 39.5 Å². The van der Waals surface area contributed by atoms with Crippen LogP contribution in [0.1, 0.15) is 38.7 Å². The van der Waals surface area contributed by atoms with Gasteiger partial charge in [-0.15, -0.1) is 0 Å². The number of hydrogen-bond acceptors (Lipinski definition) is 0. The Morgan fingerprint density at radius 1 is 1.14 bits per heavy atom. The molecule has 0 aromatic heterocycles. The molecule has 0 aliphatic carbocycles. The van der Waals surface area contributed by atoms with Crippen molar-refractivity contribution in [2.24, 2.45) is 0 Å². The second-order valence-corrected chi connectivity index (χ2v) is 3.67. The maximum Gasteiger partial charge on any atom is -0.00672 e. The molecule has 0 aliphatic rings. The number of allylic oxidation sites excluding steroid dienone is 2. The zero-order chi connectivity index (χ0) is 10.2. The lowest BCUT2D eigenvalue weighted by atomic mass is 10.0. The first-order valence-electron chi connectivity index (χ1n) is 5.58. The molecule has 0 heteroatoms. The van der Waals surface area contributed by atoms with E-state index in [-0.39, 0.29) is 0 Å². The zero-order valence-electron chi connectivity index (χ0n) is 9.29. The second-order valence-electron chi connectivity index (χ2n) is 3.67. The first-order chi connectivity index (χ1) is 6.86. The van der Waals surface area contributed by atoms with Crippen LogP contribution >= 0.6 is 0 Å². The summed E-state index contributed by atoms with van der Waals surface area (Å²) in [4.78, 5) is 0. The molecule has 0 N–H and O–H groups in total. The molecule has 14 heavy (non-hydrogen) atoms. The summed E-state index contributed by atoms with van der Waals surface area (Å²) in [5, 5.41) is 0. The van der Waals surface area contributed by atoms with Crippen molar-refractivity contribution in [2.75, 3.05) is 0 Å². The summed E-state index contributed by atoms with van der Waals surface area (Å²) in [5.41, 5.74) is 3.00. The first kappa shape index (κ1) is 11.0. The lowest BCUT2D eigenvalue weighted by molar-refractivity contribution is 0.912. The molecule has 0 spiro atoms. The third-order valence-corrected chi connectivity index (χ3v) is 2.45. The summed E-state index contributed by atoms with van der Waals surface area (Å²) in [7, 11) is 0. The predicted molar refractivity (Wildman–Crippen MR) is 63.4 cm³/mol. The van der Waals surface area contributed by atoms with Crippen LogP contribution in [-0.4, -0.2) is 0 Å². The molecule has 0 bridgehead atoms. The number of benzene rings is 1. The third-order valence-electron chi connectivity index (χ3n) is 2.45. The van der Waals surface area contributed by atoms with Crippen LogP contribution in [0.2, 0.25) is 0 Å². The predicted octanol–water partition coefficient (Wildman–Crippen LogP) is 4.37. The van der Waals surface area contributed by atoms with Gasteiger partial charge in [0.15, 0.2) is 0 Å². The van der Waals surface area contributed by atoms with Crippen LogP contribution < -0.4 is 0 Å². The van der Waals surface area contributed by atoms with Gasteiger partial charge in [0.1, 0.15) is 0 Å². The molecule has 1 aromatic rings. The van der Waals surface area contributed by atoms with Crippen molar-refractivity contribution in [3.8, 4) is 0 Å². The topological polar surface area (TPSA) is 0 Å². The molecule has 0 nitrogen and oxygen atoms in total. The Kier molecular flexibility index (Phi) is 5.06. The van der Waals surface area contributed by atoms with Crippen LogP contribution in [0.5, 0.6) is 0 Å². The third kappa shape index (κ3) is 3.78. The zero-order valence-corrected chi connectivity index (χ0v) is 9.29. The fourth-order valence-electron chi connectivity index (χ4n) is 1.55. The SMILES string of the molecule is CCC/C=C(\CC)Cc1ccccc1. The van der Waals surface area contributed by atoms with Crippen LogP contribution in [0.15, 0.2) is 42.0 Å². The van der Waals surface area contributed by atoms with Gasteiger partial charge < -0.3 is 0 Å². The number of rotatable bonds is 5. The molecule has 0 saturated heterocycles. The lowest BCUT2D eigenvalue weighted by Crippen LogP contribution is -1.89. The molecule has 1 rings (SSSR count). The average molecular weight is 188 g/mol. The minimum absolute atomic E-state index is 1.12. The van der Waals surface area contributed by atoms with Gasteiger partial charge >= 0.3 is 0 Å². The Bertz CT molecular complexity index is 269. The highest BCUT2D eigenvalue weighted by atomic mass is 14.0. The Labute approximate surface area is 87.7 Å². The van der Waals surface area contributed by atoms with Gasteiger partial charge in [-0.25, -0.2) is 0 Å². The van der Waals surface area contributed by atoms with Crippen molar-refractivity contribution in [3.05, 3.63) is 47.5 Å². The lowest BCUT2D eigenvalue weighted by Gasteiger charge is -2.04. The van der Waals surface area contributed by atoms with Crippen molar-refractivity contribution in [1.82, 2.24) is 0 Å². The van der Waals surface area contributed by atoms with E-state index in [1.165, 1.54) is 24.8 Å². The van der Waals surface area contributed by atoms with Crippen LogP contribution in [0.25, 0.3) is 0 Å². The Balaban J connectivity index is 2.57. The van der Waals surface area contributed by atoms with Crippen molar-refractivity contribution >= 4 is 0 Å².